The molecule has 0 atom stereocenters. The number of rotatable bonds is 2. The predicted octanol–water partition coefficient (Wildman–Crippen LogP) is 0.0979. The molecule has 3 rings (SSSR count). The Bertz CT molecular complexity index is 653. The first-order chi connectivity index (χ1) is 9.63. The predicted molar refractivity (Wildman–Crippen MR) is 76.5 cm³/mol. The molecule has 1 saturated heterocycles. The lowest BCUT2D eigenvalue weighted by atomic mass is 10.1. The fraction of sp³-hybridized carbons (Fsp3) is 0.462. The van der Waals surface area contributed by atoms with E-state index < -0.39 is 0 Å². The maximum absolute atomic E-state index is 11.6. The van der Waals surface area contributed by atoms with Crippen LogP contribution in [0.4, 0.5) is 5.95 Å². The van der Waals surface area contributed by atoms with Crippen molar-refractivity contribution < 1.29 is 0 Å². The molecule has 2 aromatic rings. The third kappa shape index (κ3) is 2.44. The van der Waals surface area contributed by atoms with E-state index in [-0.39, 0.29) is 11.6 Å². The van der Waals surface area contributed by atoms with Gasteiger partial charge in [0.2, 0.25) is 5.95 Å². The van der Waals surface area contributed by atoms with E-state index in [1.165, 1.54) is 4.57 Å². The van der Waals surface area contributed by atoms with Crippen LogP contribution in [-0.2, 0) is 7.05 Å². The van der Waals surface area contributed by atoms with Crippen LogP contribution in [0.1, 0.15) is 12.8 Å². The normalized spacial score (nSPS) is 16.6. The summed E-state index contributed by atoms with van der Waals surface area (Å²) >= 11 is 0. The van der Waals surface area contributed by atoms with Crippen LogP contribution in [0.25, 0.3) is 11.4 Å². The zero-order valence-corrected chi connectivity index (χ0v) is 11.4. The number of aromatic nitrogens is 4. The molecule has 2 aromatic heterocycles. The number of hydrogen-bond acceptors (Lipinski definition) is 5. The molecular weight excluding hydrogens is 256 g/mol. The molecule has 7 heteroatoms. The van der Waals surface area contributed by atoms with E-state index in [4.69, 9.17) is 5.73 Å². The topological polar surface area (TPSA) is 92.8 Å². The first kappa shape index (κ1) is 12.9. The number of H-pyrrole nitrogens is 1. The Morgan fingerprint density at radius 1 is 1.40 bits per heavy atom. The van der Waals surface area contributed by atoms with Gasteiger partial charge in [0, 0.05) is 44.0 Å². The Morgan fingerprint density at radius 2 is 2.15 bits per heavy atom. The Hall–Kier alpha value is -2.15. The average Bonchev–Trinajstić information content (AvgIpc) is 2.92. The zero-order valence-electron chi connectivity index (χ0n) is 11.4. The number of piperidine rings is 1. The van der Waals surface area contributed by atoms with Gasteiger partial charge in [0.25, 0.3) is 5.56 Å². The molecule has 106 valence electrons. The van der Waals surface area contributed by atoms with Crippen LogP contribution >= 0.6 is 0 Å². The number of aromatic amines is 1. The molecule has 0 radical (unpaired) electrons. The van der Waals surface area contributed by atoms with Crippen molar-refractivity contribution in [1.82, 2.24) is 19.7 Å². The van der Waals surface area contributed by atoms with Crippen molar-refractivity contribution in [2.45, 2.75) is 18.9 Å². The van der Waals surface area contributed by atoms with Crippen LogP contribution in [0.5, 0.6) is 0 Å². The third-order valence-electron chi connectivity index (χ3n) is 3.67. The molecule has 1 aliphatic rings. The second-order valence-electron chi connectivity index (χ2n) is 5.17. The van der Waals surface area contributed by atoms with Crippen molar-refractivity contribution in [1.29, 1.82) is 0 Å². The summed E-state index contributed by atoms with van der Waals surface area (Å²) in [6, 6.07) is 3.68. The quantitative estimate of drug-likeness (QED) is 0.810. The largest absolute Gasteiger partial charge is 0.339 e. The summed E-state index contributed by atoms with van der Waals surface area (Å²) in [6.07, 6.45) is 3.63. The molecule has 3 N–H and O–H groups in total. The number of nitrogens with two attached hydrogens (primary N) is 1. The van der Waals surface area contributed by atoms with Crippen LogP contribution in [0.3, 0.4) is 0 Å². The molecule has 1 aliphatic heterocycles. The summed E-state index contributed by atoms with van der Waals surface area (Å²) in [5.74, 6) is 1.29. The molecule has 0 unspecified atom stereocenters. The van der Waals surface area contributed by atoms with Crippen LogP contribution in [-0.4, -0.2) is 38.9 Å². The molecule has 20 heavy (non-hydrogen) atoms. The van der Waals surface area contributed by atoms with Gasteiger partial charge in [-0.3, -0.25) is 9.89 Å². The van der Waals surface area contributed by atoms with Gasteiger partial charge in [0.15, 0.2) is 5.82 Å². The van der Waals surface area contributed by atoms with Gasteiger partial charge in [-0.15, -0.1) is 5.10 Å². The van der Waals surface area contributed by atoms with E-state index in [1.54, 1.807) is 19.3 Å². The molecule has 7 nitrogen and oxygen atoms in total. The Labute approximate surface area is 116 Å². The summed E-state index contributed by atoms with van der Waals surface area (Å²) in [6.45, 7) is 1.74. The van der Waals surface area contributed by atoms with Crippen LogP contribution in [0.2, 0.25) is 0 Å². The smallest absolute Gasteiger partial charge is 0.250 e. The minimum Gasteiger partial charge on any atom is -0.339 e. The average molecular weight is 274 g/mol. The van der Waals surface area contributed by atoms with Gasteiger partial charge < -0.3 is 15.2 Å². The van der Waals surface area contributed by atoms with Crippen LogP contribution in [0.15, 0.2) is 23.1 Å². The van der Waals surface area contributed by atoms with E-state index in [0.717, 1.165) is 31.5 Å². The lowest BCUT2D eigenvalue weighted by molar-refractivity contribution is 0.496. The van der Waals surface area contributed by atoms with Crippen molar-refractivity contribution >= 4 is 5.95 Å². The highest BCUT2D eigenvalue weighted by Crippen LogP contribution is 2.18. The maximum atomic E-state index is 11.6. The van der Waals surface area contributed by atoms with Gasteiger partial charge in [-0.25, -0.2) is 0 Å². The molecule has 0 aliphatic carbocycles. The summed E-state index contributed by atoms with van der Waals surface area (Å²) in [4.78, 5) is 18.2. The first-order valence-electron chi connectivity index (χ1n) is 6.73. The number of nitrogens with one attached hydrogen (secondary N) is 1. The summed E-state index contributed by atoms with van der Waals surface area (Å²) in [7, 11) is 1.72. The minimum absolute atomic E-state index is 0.0654. The lowest BCUT2D eigenvalue weighted by Crippen LogP contribution is -2.40. The lowest BCUT2D eigenvalue weighted by Gasteiger charge is -2.28. The molecule has 0 bridgehead atoms. The summed E-state index contributed by atoms with van der Waals surface area (Å²) < 4.78 is 1.52. The molecule has 0 aromatic carbocycles. The molecule has 1 fully saturated rings. The van der Waals surface area contributed by atoms with Crippen molar-refractivity contribution in [2.24, 2.45) is 12.8 Å². The van der Waals surface area contributed by atoms with Gasteiger partial charge >= 0.3 is 0 Å². The van der Waals surface area contributed by atoms with Gasteiger partial charge in [-0.05, 0) is 18.9 Å². The number of nitrogens with zero attached hydrogens (tertiary/aromatic N) is 4. The SMILES string of the molecule is Cn1ccc(-c2nc(N3CCC(N)CC3)n[nH]2)cc1=O. The van der Waals surface area contributed by atoms with Gasteiger partial charge in [-0.1, -0.05) is 0 Å². The van der Waals surface area contributed by atoms with Crippen molar-refractivity contribution in [2.75, 3.05) is 18.0 Å². The molecule has 0 amide bonds. The van der Waals surface area contributed by atoms with Gasteiger partial charge in [0.05, 0.1) is 0 Å². The highest BCUT2D eigenvalue weighted by molar-refractivity contribution is 5.55. The number of anilines is 1. The molecule has 0 saturated carbocycles. The van der Waals surface area contributed by atoms with E-state index in [2.05, 4.69) is 20.1 Å². The zero-order chi connectivity index (χ0) is 14.1. The summed E-state index contributed by atoms with van der Waals surface area (Å²) in [5, 5.41) is 7.13. The summed E-state index contributed by atoms with van der Waals surface area (Å²) in [5.41, 5.74) is 6.57. The number of pyridine rings is 1. The Kier molecular flexibility index (Phi) is 3.27. The van der Waals surface area contributed by atoms with Crippen molar-refractivity contribution in [3.63, 3.8) is 0 Å². The number of hydrogen-bond donors (Lipinski definition) is 2. The second kappa shape index (κ2) is 5.09. The second-order valence-corrected chi connectivity index (χ2v) is 5.17. The molecule has 0 spiro atoms. The fourth-order valence-electron chi connectivity index (χ4n) is 2.32. The Balaban J connectivity index is 1.83. The van der Waals surface area contributed by atoms with Gasteiger partial charge in [-0.2, -0.15) is 4.98 Å². The van der Waals surface area contributed by atoms with Crippen LogP contribution in [0, 0.1) is 0 Å². The Morgan fingerprint density at radius 3 is 2.85 bits per heavy atom. The standard InChI is InChI=1S/C13H18N6O/c1-18-5-2-9(8-11(18)20)12-15-13(17-16-12)19-6-3-10(14)4-7-19/h2,5,8,10H,3-4,6-7,14H2,1H3,(H,15,16,17). The van der Waals surface area contributed by atoms with E-state index >= 15 is 0 Å². The fourth-order valence-corrected chi connectivity index (χ4v) is 2.32. The highest BCUT2D eigenvalue weighted by Gasteiger charge is 2.19. The molecule has 3 heterocycles. The maximum Gasteiger partial charge on any atom is 0.250 e. The highest BCUT2D eigenvalue weighted by atomic mass is 16.1. The third-order valence-corrected chi connectivity index (χ3v) is 3.67. The van der Waals surface area contributed by atoms with Gasteiger partial charge in [0.1, 0.15) is 0 Å². The van der Waals surface area contributed by atoms with E-state index in [0.29, 0.717) is 11.8 Å². The minimum atomic E-state index is -0.0654. The van der Waals surface area contributed by atoms with Crippen molar-refractivity contribution in [3.8, 4) is 11.4 Å². The van der Waals surface area contributed by atoms with E-state index in [1.807, 2.05) is 6.07 Å². The first-order valence-corrected chi connectivity index (χ1v) is 6.73. The van der Waals surface area contributed by atoms with Crippen molar-refractivity contribution in [3.05, 3.63) is 28.7 Å². The molecular formula is C13H18N6O. The van der Waals surface area contributed by atoms with E-state index in [9.17, 15) is 4.79 Å². The van der Waals surface area contributed by atoms with Crippen LogP contribution < -0.4 is 16.2 Å². The number of aryl methyl sites for hydroxylation is 1. The monoisotopic (exact) mass is 274 g/mol.